The molecular formula is C15H21NO2. The summed E-state index contributed by atoms with van der Waals surface area (Å²) in [6.45, 7) is 11.3. The minimum Gasteiger partial charge on any atom is -0.449 e. The molecular weight excluding hydrogens is 226 g/mol. The molecule has 0 saturated carbocycles. The number of rotatable bonds is 1. The first-order valence-electron chi connectivity index (χ1n) is 6.43. The largest absolute Gasteiger partial charge is 0.449 e. The number of nitrogens with one attached hydrogen (secondary N) is 1. The molecule has 0 aromatic heterocycles. The summed E-state index contributed by atoms with van der Waals surface area (Å²) in [5.41, 5.74) is 7.87. The summed E-state index contributed by atoms with van der Waals surface area (Å²) in [5.74, 6) is 0. The lowest BCUT2D eigenvalue weighted by atomic mass is 9.85. The predicted molar refractivity (Wildman–Crippen MR) is 72.0 cm³/mol. The zero-order chi connectivity index (χ0) is 13.4. The van der Waals surface area contributed by atoms with Crippen LogP contribution in [0.4, 0.5) is 4.79 Å². The second kappa shape index (κ2) is 4.63. The predicted octanol–water partition coefficient (Wildman–Crippen LogP) is 3.40. The lowest BCUT2D eigenvalue weighted by Crippen LogP contribution is -2.36. The van der Waals surface area contributed by atoms with E-state index in [2.05, 4.69) is 39.9 Å². The number of hydrogen-bond acceptors (Lipinski definition) is 2. The van der Waals surface area contributed by atoms with Crippen molar-refractivity contribution in [3.05, 3.63) is 33.4 Å². The van der Waals surface area contributed by atoms with E-state index in [-0.39, 0.29) is 12.1 Å². The number of amides is 1. The summed E-state index contributed by atoms with van der Waals surface area (Å²) in [6, 6.07) is 0.0873. The molecule has 98 valence electrons. The van der Waals surface area contributed by atoms with Crippen molar-refractivity contribution in [2.45, 2.75) is 47.1 Å². The van der Waals surface area contributed by atoms with Gasteiger partial charge in [0.15, 0.2) is 0 Å². The topological polar surface area (TPSA) is 38.3 Å². The lowest BCUT2D eigenvalue weighted by molar-refractivity contribution is 0.115. The highest BCUT2D eigenvalue weighted by Crippen LogP contribution is 2.32. The lowest BCUT2D eigenvalue weighted by Gasteiger charge is -2.29. The highest BCUT2D eigenvalue weighted by molar-refractivity contribution is 5.69. The molecule has 1 aliphatic rings. The van der Waals surface area contributed by atoms with Gasteiger partial charge in [0.05, 0.1) is 12.6 Å². The number of cyclic esters (lactones) is 1. The molecule has 18 heavy (non-hydrogen) atoms. The van der Waals surface area contributed by atoms with Crippen LogP contribution < -0.4 is 5.32 Å². The first kappa shape index (κ1) is 12.9. The Hall–Kier alpha value is -1.51. The average molecular weight is 247 g/mol. The third-order valence-electron chi connectivity index (χ3n) is 4.34. The van der Waals surface area contributed by atoms with E-state index in [1.165, 1.54) is 33.4 Å². The van der Waals surface area contributed by atoms with Crippen LogP contribution in [0.5, 0.6) is 0 Å². The van der Waals surface area contributed by atoms with Gasteiger partial charge in [0.2, 0.25) is 0 Å². The summed E-state index contributed by atoms with van der Waals surface area (Å²) >= 11 is 0. The number of hydrogen-bond donors (Lipinski definition) is 1. The molecule has 3 heteroatoms. The van der Waals surface area contributed by atoms with Crippen LogP contribution in [0.3, 0.4) is 0 Å². The van der Waals surface area contributed by atoms with Gasteiger partial charge in [0.1, 0.15) is 0 Å². The Balaban J connectivity index is 2.53. The van der Waals surface area contributed by atoms with E-state index < -0.39 is 0 Å². The van der Waals surface area contributed by atoms with Crippen molar-refractivity contribution >= 4 is 6.09 Å². The van der Waals surface area contributed by atoms with Crippen molar-refractivity contribution in [1.82, 2.24) is 5.32 Å². The van der Waals surface area contributed by atoms with E-state index in [1.807, 2.05) is 0 Å². The van der Waals surface area contributed by atoms with Crippen LogP contribution in [0.1, 0.15) is 45.8 Å². The van der Waals surface area contributed by atoms with E-state index in [0.717, 1.165) is 6.42 Å². The molecule has 1 saturated heterocycles. The van der Waals surface area contributed by atoms with E-state index in [0.29, 0.717) is 6.61 Å². The van der Waals surface area contributed by atoms with Crippen LogP contribution >= 0.6 is 0 Å². The number of benzene rings is 1. The summed E-state index contributed by atoms with van der Waals surface area (Å²) in [5, 5.41) is 2.93. The Kier molecular flexibility index (Phi) is 3.33. The number of alkyl carbamates (subject to hydrolysis) is 1. The Morgan fingerprint density at radius 1 is 0.944 bits per heavy atom. The molecule has 0 radical (unpaired) electrons. The number of carbonyl (C=O) groups is 1. The molecule has 1 aromatic rings. The molecule has 0 unspecified atom stereocenters. The fourth-order valence-corrected chi connectivity index (χ4v) is 2.79. The zero-order valence-electron chi connectivity index (χ0n) is 11.8. The van der Waals surface area contributed by atoms with E-state index in [9.17, 15) is 4.79 Å². The second-order valence-corrected chi connectivity index (χ2v) is 5.16. The molecule has 1 N–H and O–H groups in total. The maximum Gasteiger partial charge on any atom is 0.407 e. The van der Waals surface area contributed by atoms with Crippen molar-refractivity contribution in [3.8, 4) is 0 Å². The van der Waals surface area contributed by atoms with E-state index in [1.54, 1.807) is 0 Å². The summed E-state index contributed by atoms with van der Waals surface area (Å²) in [4.78, 5) is 11.4. The molecule has 1 aromatic carbocycles. The van der Waals surface area contributed by atoms with Crippen molar-refractivity contribution < 1.29 is 9.53 Å². The van der Waals surface area contributed by atoms with Crippen LogP contribution in [0, 0.1) is 34.6 Å². The second-order valence-electron chi connectivity index (χ2n) is 5.16. The van der Waals surface area contributed by atoms with Gasteiger partial charge in [0, 0.05) is 6.42 Å². The van der Waals surface area contributed by atoms with E-state index in [4.69, 9.17) is 4.74 Å². The molecule has 2 rings (SSSR count). The van der Waals surface area contributed by atoms with Gasteiger partial charge in [-0.25, -0.2) is 4.79 Å². The molecule has 1 fully saturated rings. The van der Waals surface area contributed by atoms with Crippen LogP contribution in [-0.2, 0) is 4.74 Å². The summed E-state index contributed by atoms with van der Waals surface area (Å²) in [6.07, 6.45) is 0.538. The van der Waals surface area contributed by atoms with Gasteiger partial charge >= 0.3 is 6.09 Å². The first-order chi connectivity index (χ1) is 8.43. The van der Waals surface area contributed by atoms with Crippen molar-refractivity contribution in [1.29, 1.82) is 0 Å². The molecule has 1 aliphatic heterocycles. The first-order valence-corrected chi connectivity index (χ1v) is 6.43. The maximum absolute atomic E-state index is 11.4. The third kappa shape index (κ3) is 1.98. The highest BCUT2D eigenvalue weighted by atomic mass is 16.5. The Labute approximate surface area is 109 Å². The molecule has 0 aliphatic carbocycles. The van der Waals surface area contributed by atoms with Gasteiger partial charge in [-0.2, -0.15) is 0 Å². The molecule has 1 amide bonds. The molecule has 1 atom stereocenters. The summed E-state index contributed by atoms with van der Waals surface area (Å²) in [7, 11) is 0. The minimum absolute atomic E-state index is 0.0873. The van der Waals surface area contributed by atoms with Crippen molar-refractivity contribution in [3.63, 3.8) is 0 Å². The van der Waals surface area contributed by atoms with Gasteiger partial charge in [-0.1, -0.05) is 0 Å². The standard InChI is InChI=1S/C15H21NO2/c1-8-9(2)11(4)14(12(5)10(8)3)13-6-7-18-15(17)16-13/h13H,6-7H2,1-5H3,(H,16,17)/t13-/m1/s1. The normalized spacial score (nSPS) is 19.4. The fourth-order valence-electron chi connectivity index (χ4n) is 2.79. The Bertz CT molecular complexity index is 477. The molecule has 3 nitrogen and oxygen atoms in total. The van der Waals surface area contributed by atoms with Crippen LogP contribution in [0.25, 0.3) is 0 Å². The smallest absolute Gasteiger partial charge is 0.407 e. The van der Waals surface area contributed by atoms with Gasteiger partial charge in [-0.3, -0.25) is 0 Å². The average Bonchev–Trinajstić information content (AvgIpc) is 2.34. The quantitative estimate of drug-likeness (QED) is 0.826. The van der Waals surface area contributed by atoms with Crippen molar-refractivity contribution in [2.75, 3.05) is 6.61 Å². The number of carbonyl (C=O) groups excluding carboxylic acids is 1. The van der Waals surface area contributed by atoms with Crippen LogP contribution in [0.15, 0.2) is 0 Å². The minimum atomic E-state index is -0.305. The molecule has 0 bridgehead atoms. The maximum atomic E-state index is 11.4. The van der Waals surface area contributed by atoms with Gasteiger partial charge in [-0.05, 0) is 68.0 Å². The molecule has 0 spiro atoms. The third-order valence-corrected chi connectivity index (χ3v) is 4.34. The Morgan fingerprint density at radius 3 is 1.94 bits per heavy atom. The van der Waals surface area contributed by atoms with Crippen LogP contribution in [-0.4, -0.2) is 12.7 Å². The summed E-state index contributed by atoms with van der Waals surface area (Å²) < 4.78 is 4.94. The fraction of sp³-hybridized carbons (Fsp3) is 0.533. The van der Waals surface area contributed by atoms with E-state index >= 15 is 0 Å². The number of ether oxygens (including phenoxy) is 1. The van der Waals surface area contributed by atoms with Crippen molar-refractivity contribution in [2.24, 2.45) is 0 Å². The SMILES string of the molecule is Cc1c(C)c(C)c([C@H]2CCOC(=O)N2)c(C)c1C. The van der Waals surface area contributed by atoms with Gasteiger partial charge < -0.3 is 10.1 Å². The van der Waals surface area contributed by atoms with Gasteiger partial charge in [-0.15, -0.1) is 0 Å². The monoisotopic (exact) mass is 247 g/mol. The Morgan fingerprint density at radius 2 is 1.44 bits per heavy atom. The van der Waals surface area contributed by atoms with Crippen LogP contribution in [0.2, 0.25) is 0 Å². The molecule has 1 heterocycles. The zero-order valence-corrected chi connectivity index (χ0v) is 11.8. The highest BCUT2D eigenvalue weighted by Gasteiger charge is 2.25. The van der Waals surface area contributed by atoms with Gasteiger partial charge in [0.25, 0.3) is 0 Å².